The van der Waals surface area contributed by atoms with Gasteiger partial charge in [0.25, 0.3) is 0 Å². The van der Waals surface area contributed by atoms with Crippen molar-refractivity contribution in [2.75, 3.05) is 26.7 Å². The van der Waals surface area contributed by atoms with Crippen molar-refractivity contribution in [3.63, 3.8) is 0 Å². The summed E-state index contributed by atoms with van der Waals surface area (Å²) < 4.78 is 5.78. The molecule has 2 rings (SSSR count). The van der Waals surface area contributed by atoms with Gasteiger partial charge in [0.15, 0.2) is 0 Å². The molecule has 2 fully saturated rings. The summed E-state index contributed by atoms with van der Waals surface area (Å²) in [7, 11) is 1.88. The second-order valence-corrected chi connectivity index (χ2v) is 6.29. The van der Waals surface area contributed by atoms with Crippen LogP contribution in [0, 0.1) is 5.92 Å². The minimum absolute atomic E-state index is 0.171. The van der Waals surface area contributed by atoms with Gasteiger partial charge in [-0.15, -0.1) is 0 Å². The van der Waals surface area contributed by atoms with E-state index in [9.17, 15) is 0 Å². The Kier molecular flexibility index (Phi) is 4.11. The van der Waals surface area contributed by atoms with Crippen molar-refractivity contribution in [3.8, 4) is 0 Å². The predicted octanol–water partition coefficient (Wildman–Crippen LogP) is 1.87. The van der Waals surface area contributed by atoms with Gasteiger partial charge in [0, 0.05) is 38.8 Å². The van der Waals surface area contributed by atoms with Crippen molar-refractivity contribution in [2.45, 2.75) is 57.7 Å². The molecule has 1 heterocycles. The lowest BCUT2D eigenvalue weighted by Gasteiger charge is -2.49. The molecular formula is C14H28N2O. The van der Waals surface area contributed by atoms with Crippen LogP contribution >= 0.6 is 0 Å². The standard InChI is InChI=1S/C14H28N2O/c1-11(2)13-8-15-12(3)9-16(13)10-14(17-4)6-5-7-14/h11-13,15H,5-10H2,1-4H3. The number of rotatable bonds is 4. The first-order valence-corrected chi connectivity index (χ1v) is 7.09. The monoisotopic (exact) mass is 240 g/mol. The van der Waals surface area contributed by atoms with Crippen molar-refractivity contribution in [2.24, 2.45) is 5.92 Å². The van der Waals surface area contributed by atoms with E-state index in [1.807, 2.05) is 7.11 Å². The Morgan fingerprint density at radius 2 is 2.12 bits per heavy atom. The summed E-state index contributed by atoms with van der Waals surface area (Å²) in [5.74, 6) is 0.712. The van der Waals surface area contributed by atoms with Crippen LogP contribution in [0.25, 0.3) is 0 Å². The zero-order valence-electron chi connectivity index (χ0n) is 11.8. The highest BCUT2D eigenvalue weighted by molar-refractivity contribution is 4.96. The van der Waals surface area contributed by atoms with Crippen molar-refractivity contribution >= 4 is 0 Å². The molecule has 3 heteroatoms. The highest BCUT2D eigenvalue weighted by atomic mass is 16.5. The molecule has 1 N–H and O–H groups in total. The molecular weight excluding hydrogens is 212 g/mol. The number of ether oxygens (including phenoxy) is 1. The van der Waals surface area contributed by atoms with E-state index in [0.717, 1.165) is 19.6 Å². The molecule has 1 aliphatic carbocycles. The topological polar surface area (TPSA) is 24.5 Å². The fourth-order valence-electron chi connectivity index (χ4n) is 3.21. The molecule has 0 aromatic rings. The molecule has 0 bridgehead atoms. The van der Waals surface area contributed by atoms with Crippen LogP contribution in [0.5, 0.6) is 0 Å². The van der Waals surface area contributed by atoms with Gasteiger partial charge in [0.05, 0.1) is 5.60 Å². The minimum atomic E-state index is 0.171. The van der Waals surface area contributed by atoms with Crippen LogP contribution in [-0.2, 0) is 4.74 Å². The quantitative estimate of drug-likeness (QED) is 0.812. The molecule has 100 valence electrons. The Labute approximate surface area is 106 Å². The van der Waals surface area contributed by atoms with Gasteiger partial charge >= 0.3 is 0 Å². The molecule has 0 spiro atoms. The molecule has 17 heavy (non-hydrogen) atoms. The Morgan fingerprint density at radius 1 is 1.41 bits per heavy atom. The van der Waals surface area contributed by atoms with Gasteiger partial charge in [-0.1, -0.05) is 13.8 Å². The Hall–Kier alpha value is -0.120. The molecule has 0 radical (unpaired) electrons. The zero-order chi connectivity index (χ0) is 12.5. The first-order chi connectivity index (χ1) is 8.06. The van der Waals surface area contributed by atoms with E-state index in [1.165, 1.54) is 19.3 Å². The first-order valence-electron chi connectivity index (χ1n) is 7.09. The molecule has 1 saturated heterocycles. The average molecular weight is 240 g/mol. The van der Waals surface area contributed by atoms with Crippen molar-refractivity contribution in [1.29, 1.82) is 0 Å². The number of piperazine rings is 1. The molecule has 2 unspecified atom stereocenters. The summed E-state index contributed by atoms with van der Waals surface area (Å²) in [5, 5.41) is 3.60. The van der Waals surface area contributed by atoms with E-state index < -0.39 is 0 Å². The van der Waals surface area contributed by atoms with Crippen LogP contribution in [0.1, 0.15) is 40.0 Å². The van der Waals surface area contributed by atoms with Crippen molar-refractivity contribution in [3.05, 3.63) is 0 Å². The highest BCUT2D eigenvalue weighted by Crippen LogP contribution is 2.36. The Bertz CT molecular complexity index is 245. The average Bonchev–Trinajstić information content (AvgIpc) is 2.23. The van der Waals surface area contributed by atoms with Crippen LogP contribution in [-0.4, -0.2) is 49.3 Å². The van der Waals surface area contributed by atoms with Crippen molar-refractivity contribution in [1.82, 2.24) is 10.2 Å². The molecule has 3 nitrogen and oxygen atoms in total. The predicted molar refractivity (Wildman–Crippen MR) is 71.3 cm³/mol. The van der Waals surface area contributed by atoms with Crippen LogP contribution in [0.4, 0.5) is 0 Å². The van der Waals surface area contributed by atoms with Gasteiger partial charge in [0.1, 0.15) is 0 Å². The molecule has 2 atom stereocenters. The molecule has 0 amide bonds. The highest BCUT2D eigenvalue weighted by Gasteiger charge is 2.41. The van der Waals surface area contributed by atoms with E-state index in [-0.39, 0.29) is 5.60 Å². The third kappa shape index (κ3) is 2.83. The summed E-state index contributed by atoms with van der Waals surface area (Å²) in [6.45, 7) is 10.3. The van der Waals surface area contributed by atoms with Crippen molar-refractivity contribution < 1.29 is 4.74 Å². The normalized spacial score (nSPS) is 33.7. The maximum atomic E-state index is 5.78. The maximum Gasteiger partial charge on any atom is 0.0805 e. The zero-order valence-corrected chi connectivity index (χ0v) is 11.8. The maximum absolute atomic E-state index is 5.78. The van der Waals surface area contributed by atoms with Gasteiger partial charge in [-0.25, -0.2) is 0 Å². The first kappa shape index (κ1) is 13.3. The number of nitrogens with one attached hydrogen (secondary N) is 1. The van der Waals surface area contributed by atoms with Crippen LogP contribution in [0.15, 0.2) is 0 Å². The summed E-state index contributed by atoms with van der Waals surface area (Å²) >= 11 is 0. The number of hydrogen-bond donors (Lipinski definition) is 1. The molecule has 0 aromatic heterocycles. The van der Waals surface area contributed by atoms with Gasteiger partial charge in [0.2, 0.25) is 0 Å². The summed E-state index contributed by atoms with van der Waals surface area (Å²) in [6, 6.07) is 1.28. The summed E-state index contributed by atoms with van der Waals surface area (Å²) in [4.78, 5) is 2.66. The van der Waals surface area contributed by atoms with E-state index in [1.54, 1.807) is 0 Å². The van der Waals surface area contributed by atoms with E-state index >= 15 is 0 Å². The smallest absolute Gasteiger partial charge is 0.0805 e. The van der Waals surface area contributed by atoms with E-state index in [2.05, 4.69) is 31.0 Å². The molecule has 1 aliphatic heterocycles. The Morgan fingerprint density at radius 3 is 2.59 bits per heavy atom. The van der Waals surface area contributed by atoms with Crippen LogP contribution in [0.2, 0.25) is 0 Å². The fourth-order valence-corrected chi connectivity index (χ4v) is 3.21. The second-order valence-electron chi connectivity index (χ2n) is 6.29. The Balaban J connectivity index is 1.99. The second kappa shape index (κ2) is 5.25. The number of hydrogen-bond acceptors (Lipinski definition) is 3. The SMILES string of the molecule is COC1(CN2CC(C)NCC2C(C)C)CCC1. The third-order valence-electron chi connectivity index (χ3n) is 4.61. The van der Waals surface area contributed by atoms with Gasteiger partial charge < -0.3 is 10.1 Å². The third-order valence-corrected chi connectivity index (χ3v) is 4.61. The summed E-state index contributed by atoms with van der Waals surface area (Å²) in [5.41, 5.74) is 0.171. The minimum Gasteiger partial charge on any atom is -0.377 e. The number of methoxy groups -OCH3 is 1. The largest absolute Gasteiger partial charge is 0.377 e. The van der Waals surface area contributed by atoms with Gasteiger partial charge in [-0.2, -0.15) is 0 Å². The van der Waals surface area contributed by atoms with Gasteiger partial charge in [-0.3, -0.25) is 4.90 Å². The molecule has 1 saturated carbocycles. The van der Waals surface area contributed by atoms with Crippen LogP contribution in [0.3, 0.4) is 0 Å². The van der Waals surface area contributed by atoms with Crippen LogP contribution < -0.4 is 5.32 Å². The van der Waals surface area contributed by atoms with E-state index in [4.69, 9.17) is 4.74 Å². The van der Waals surface area contributed by atoms with Gasteiger partial charge in [-0.05, 0) is 32.1 Å². The lowest BCUT2D eigenvalue weighted by molar-refractivity contribution is -0.104. The molecule has 0 aromatic carbocycles. The molecule has 2 aliphatic rings. The summed E-state index contributed by atoms with van der Waals surface area (Å²) in [6.07, 6.45) is 3.82. The van der Waals surface area contributed by atoms with E-state index in [0.29, 0.717) is 18.0 Å². The lowest BCUT2D eigenvalue weighted by atomic mass is 9.78. The number of nitrogens with zero attached hydrogens (tertiary/aromatic N) is 1. The lowest BCUT2D eigenvalue weighted by Crippen LogP contribution is -2.62. The fraction of sp³-hybridized carbons (Fsp3) is 1.00.